The molecule has 2 aromatic rings. The van der Waals surface area contributed by atoms with E-state index in [1.807, 2.05) is 19.9 Å². The lowest BCUT2D eigenvalue weighted by molar-refractivity contribution is 0.393. The Morgan fingerprint density at radius 2 is 1.59 bits per heavy atom. The molecule has 0 spiro atoms. The van der Waals surface area contributed by atoms with E-state index in [1.54, 1.807) is 7.11 Å². The number of methoxy groups -OCH3 is 1. The number of rotatable bonds is 3. The number of hydrogen-bond donors (Lipinski definition) is 0. The fourth-order valence-electron chi connectivity index (χ4n) is 2.11. The van der Waals surface area contributed by atoms with E-state index < -0.39 is 0 Å². The Bertz CT molecular complexity index is 575. The molecule has 1 heterocycles. The first-order valence-corrected chi connectivity index (χ1v) is 7.88. The van der Waals surface area contributed by atoms with Gasteiger partial charge in [0, 0.05) is 5.56 Å². The van der Waals surface area contributed by atoms with Gasteiger partial charge >= 0.3 is 0 Å². The van der Waals surface area contributed by atoms with Crippen LogP contribution in [0.4, 0.5) is 0 Å². The van der Waals surface area contributed by atoms with Crippen molar-refractivity contribution in [2.24, 2.45) is 5.92 Å². The van der Waals surface area contributed by atoms with E-state index in [0.717, 1.165) is 34.2 Å². The highest BCUT2D eigenvalue weighted by Gasteiger charge is 2.14. The fraction of sp³-hybridized carbons (Fsp3) is 0.526. The average Bonchev–Trinajstić information content (AvgIpc) is 2.77. The number of nitrogens with zero attached hydrogens (tertiary/aromatic N) is 1. The molecule has 0 saturated carbocycles. The molecule has 1 aromatic carbocycles. The van der Waals surface area contributed by atoms with Gasteiger partial charge in [0.05, 0.1) is 12.8 Å². The molecule has 122 valence electrons. The molecule has 0 radical (unpaired) electrons. The van der Waals surface area contributed by atoms with Crippen LogP contribution in [0.3, 0.4) is 0 Å². The minimum atomic E-state index is 0.458. The Labute approximate surface area is 134 Å². The van der Waals surface area contributed by atoms with Gasteiger partial charge in [-0.1, -0.05) is 45.8 Å². The van der Waals surface area contributed by atoms with Crippen LogP contribution in [0.5, 0.6) is 5.75 Å². The Balaban J connectivity index is 0.000000541. The highest BCUT2D eigenvalue weighted by Crippen LogP contribution is 2.32. The largest absolute Gasteiger partial charge is 0.497 e. The van der Waals surface area contributed by atoms with Crippen LogP contribution in [0, 0.1) is 19.8 Å². The number of aromatic nitrogens is 1. The predicted molar refractivity (Wildman–Crippen MR) is 92.6 cm³/mol. The molecule has 0 N–H and O–H groups in total. The van der Waals surface area contributed by atoms with Crippen LogP contribution in [-0.2, 0) is 0 Å². The molecule has 0 amide bonds. The lowest BCUT2D eigenvalue weighted by Gasteiger charge is -2.11. The van der Waals surface area contributed by atoms with Crippen LogP contribution >= 0.6 is 0 Å². The van der Waals surface area contributed by atoms with Gasteiger partial charge in [0.15, 0.2) is 0 Å². The van der Waals surface area contributed by atoms with E-state index in [4.69, 9.17) is 9.26 Å². The first-order valence-electron chi connectivity index (χ1n) is 7.88. The van der Waals surface area contributed by atoms with Gasteiger partial charge in [0.25, 0.3) is 0 Å². The zero-order chi connectivity index (χ0) is 16.9. The molecule has 0 saturated heterocycles. The first kappa shape index (κ1) is 18.3. The van der Waals surface area contributed by atoms with Crippen molar-refractivity contribution in [3.63, 3.8) is 0 Å². The molecule has 0 fully saturated rings. The van der Waals surface area contributed by atoms with Gasteiger partial charge in [-0.25, -0.2) is 0 Å². The Hall–Kier alpha value is -1.77. The lowest BCUT2D eigenvalue weighted by atomic mass is 9.96. The molecule has 3 heteroatoms. The summed E-state index contributed by atoms with van der Waals surface area (Å²) >= 11 is 0. The van der Waals surface area contributed by atoms with Gasteiger partial charge in [-0.05, 0) is 48.9 Å². The smallest absolute Gasteiger partial charge is 0.141 e. The Morgan fingerprint density at radius 3 is 2.00 bits per heavy atom. The van der Waals surface area contributed by atoms with Crippen LogP contribution in [-0.4, -0.2) is 12.3 Å². The third-order valence-corrected chi connectivity index (χ3v) is 3.15. The van der Waals surface area contributed by atoms with Crippen molar-refractivity contribution >= 4 is 0 Å². The van der Waals surface area contributed by atoms with Gasteiger partial charge in [0.1, 0.15) is 11.5 Å². The van der Waals surface area contributed by atoms with Gasteiger partial charge in [-0.15, -0.1) is 0 Å². The van der Waals surface area contributed by atoms with Gasteiger partial charge in [-0.3, -0.25) is 0 Å². The summed E-state index contributed by atoms with van der Waals surface area (Å²) in [4.78, 5) is 0. The Morgan fingerprint density at radius 1 is 1.00 bits per heavy atom. The van der Waals surface area contributed by atoms with Crippen molar-refractivity contribution in [1.29, 1.82) is 0 Å². The monoisotopic (exact) mass is 303 g/mol. The van der Waals surface area contributed by atoms with Crippen molar-refractivity contribution in [1.82, 2.24) is 5.16 Å². The molecule has 0 aliphatic carbocycles. The van der Waals surface area contributed by atoms with E-state index in [9.17, 15) is 0 Å². The summed E-state index contributed by atoms with van der Waals surface area (Å²) in [5.74, 6) is 3.01. The zero-order valence-corrected chi connectivity index (χ0v) is 15.2. The van der Waals surface area contributed by atoms with E-state index in [2.05, 4.69) is 51.9 Å². The summed E-state index contributed by atoms with van der Waals surface area (Å²) < 4.78 is 10.6. The zero-order valence-electron chi connectivity index (χ0n) is 15.2. The van der Waals surface area contributed by atoms with E-state index in [0.29, 0.717) is 5.92 Å². The molecule has 3 nitrogen and oxygen atoms in total. The molecular formula is C19H29NO2. The van der Waals surface area contributed by atoms with Gasteiger partial charge in [0.2, 0.25) is 0 Å². The summed E-state index contributed by atoms with van der Waals surface area (Å²) in [7, 11) is 1.69. The van der Waals surface area contributed by atoms with E-state index in [-0.39, 0.29) is 0 Å². The Kier molecular flexibility index (Phi) is 6.66. The summed E-state index contributed by atoms with van der Waals surface area (Å²) in [6.45, 7) is 14.7. The van der Waals surface area contributed by atoms with E-state index >= 15 is 0 Å². The quantitative estimate of drug-likeness (QED) is 0.724. The minimum absolute atomic E-state index is 0.458. The highest BCUT2D eigenvalue weighted by atomic mass is 16.5. The number of aryl methyl sites for hydroxylation is 2. The van der Waals surface area contributed by atoms with Gasteiger partial charge in [-0.2, -0.15) is 0 Å². The SMILES string of the molecule is CC(C)C.COc1cc(-c2c(C)noc2C)cc(C(C)C)c1. The van der Waals surface area contributed by atoms with Crippen molar-refractivity contribution in [3.05, 3.63) is 35.2 Å². The second kappa shape index (κ2) is 8.02. The molecule has 1 aromatic heterocycles. The van der Waals surface area contributed by atoms with Crippen molar-refractivity contribution in [2.75, 3.05) is 7.11 Å². The van der Waals surface area contributed by atoms with Crippen LogP contribution in [0.25, 0.3) is 11.1 Å². The summed E-state index contributed by atoms with van der Waals surface area (Å²) in [5.41, 5.74) is 4.34. The maximum Gasteiger partial charge on any atom is 0.141 e. The minimum Gasteiger partial charge on any atom is -0.497 e. The normalized spacial score (nSPS) is 10.6. The second-order valence-corrected chi connectivity index (χ2v) is 6.58. The van der Waals surface area contributed by atoms with Crippen molar-refractivity contribution < 1.29 is 9.26 Å². The second-order valence-electron chi connectivity index (χ2n) is 6.58. The van der Waals surface area contributed by atoms with Crippen LogP contribution in [0.15, 0.2) is 22.7 Å². The summed E-state index contributed by atoms with van der Waals surface area (Å²) in [6, 6.07) is 6.28. The maximum absolute atomic E-state index is 5.37. The van der Waals surface area contributed by atoms with Crippen LogP contribution in [0.2, 0.25) is 0 Å². The average molecular weight is 303 g/mol. The predicted octanol–water partition coefficient (Wildman–Crippen LogP) is 5.75. The molecule has 0 aliphatic heterocycles. The highest BCUT2D eigenvalue weighted by molar-refractivity contribution is 5.70. The maximum atomic E-state index is 5.37. The topological polar surface area (TPSA) is 35.3 Å². The number of benzene rings is 1. The summed E-state index contributed by atoms with van der Waals surface area (Å²) in [5, 5.41) is 4.01. The van der Waals surface area contributed by atoms with E-state index in [1.165, 1.54) is 5.56 Å². The molecule has 2 rings (SSSR count). The molecular weight excluding hydrogens is 274 g/mol. The summed E-state index contributed by atoms with van der Waals surface area (Å²) in [6.07, 6.45) is 0. The molecule has 0 atom stereocenters. The molecule has 22 heavy (non-hydrogen) atoms. The van der Waals surface area contributed by atoms with Crippen molar-refractivity contribution in [2.45, 2.75) is 54.4 Å². The lowest BCUT2D eigenvalue weighted by Crippen LogP contribution is -1.93. The molecule has 0 unspecified atom stereocenters. The first-order chi connectivity index (χ1) is 10.3. The molecule has 0 aliphatic rings. The van der Waals surface area contributed by atoms with Crippen LogP contribution < -0.4 is 4.74 Å². The van der Waals surface area contributed by atoms with Crippen LogP contribution in [0.1, 0.15) is 57.6 Å². The standard InChI is InChI=1S/C15H19NO2.C4H10/c1-9(2)12-6-13(8-14(7-12)17-5)15-10(3)16-18-11(15)4;1-4(2)3/h6-9H,1-5H3;4H,1-3H3. The fourth-order valence-corrected chi connectivity index (χ4v) is 2.11. The third-order valence-electron chi connectivity index (χ3n) is 3.15. The van der Waals surface area contributed by atoms with Gasteiger partial charge < -0.3 is 9.26 Å². The number of ether oxygens (including phenoxy) is 1. The van der Waals surface area contributed by atoms with Crippen molar-refractivity contribution in [3.8, 4) is 16.9 Å². The number of hydrogen-bond acceptors (Lipinski definition) is 3. The third kappa shape index (κ3) is 4.90. The molecule has 0 bridgehead atoms.